The summed E-state index contributed by atoms with van der Waals surface area (Å²) in [4.78, 5) is 0. The van der Waals surface area contributed by atoms with Gasteiger partial charge in [-0.1, -0.05) is 42.5 Å². The molecule has 13 heteroatoms. The van der Waals surface area contributed by atoms with E-state index in [1.807, 2.05) is 12.1 Å². The van der Waals surface area contributed by atoms with Gasteiger partial charge in [-0.2, -0.15) is 50.0 Å². The maximum atomic E-state index is 14.6. The average molecular weight is 663 g/mol. The fraction of sp³-hybridized carbons (Fsp3) is 0.0857. The first-order chi connectivity index (χ1) is 22.6. The SMILES string of the molecule is N#Cc1cccc(C#N)c1-n1c2ccccc2c2cc3c4ccccc4n(-c4c(C(F)(F)F)cc(C(F)(F)F)cc4C(F)(F)F)c3cc21. The Morgan fingerprint density at radius 3 is 1.29 bits per heavy atom. The summed E-state index contributed by atoms with van der Waals surface area (Å²) in [7, 11) is 0. The molecule has 0 aliphatic heterocycles. The summed E-state index contributed by atoms with van der Waals surface area (Å²) in [6, 6.07) is 23.3. The van der Waals surface area contributed by atoms with Gasteiger partial charge in [0.1, 0.15) is 12.1 Å². The molecule has 0 fully saturated rings. The quantitative estimate of drug-likeness (QED) is 0.173. The Hall–Kier alpha value is -5.95. The van der Waals surface area contributed by atoms with Crippen molar-refractivity contribution in [3.8, 4) is 23.5 Å². The third kappa shape index (κ3) is 4.53. The first-order valence-electron chi connectivity index (χ1n) is 13.9. The summed E-state index contributed by atoms with van der Waals surface area (Å²) in [5, 5.41) is 21.5. The Morgan fingerprint density at radius 2 is 0.875 bits per heavy atom. The van der Waals surface area contributed by atoms with Crippen LogP contribution in [0.1, 0.15) is 27.8 Å². The van der Waals surface area contributed by atoms with E-state index in [2.05, 4.69) is 0 Å². The smallest absolute Gasteiger partial charge is 0.308 e. The molecule has 238 valence electrons. The molecule has 0 unspecified atom stereocenters. The fourth-order valence-electron chi connectivity index (χ4n) is 6.35. The number of nitriles is 2. The number of nitrogens with zero attached hydrogens (tertiary/aromatic N) is 4. The van der Waals surface area contributed by atoms with Gasteiger partial charge in [0.05, 0.1) is 61.3 Å². The van der Waals surface area contributed by atoms with Gasteiger partial charge in [0, 0.05) is 21.5 Å². The number of fused-ring (bicyclic) bond motifs is 6. The van der Waals surface area contributed by atoms with E-state index >= 15 is 0 Å². The van der Waals surface area contributed by atoms with E-state index in [0.717, 1.165) is 0 Å². The molecule has 0 spiro atoms. The van der Waals surface area contributed by atoms with Crippen molar-refractivity contribution in [3.05, 3.63) is 119 Å². The number of para-hydroxylation sites is 3. The second kappa shape index (κ2) is 10.3. The van der Waals surface area contributed by atoms with Crippen LogP contribution in [-0.2, 0) is 18.5 Å². The van der Waals surface area contributed by atoms with Crippen LogP contribution in [0.3, 0.4) is 0 Å². The topological polar surface area (TPSA) is 57.4 Å². The zero-order valence-electron chi connectivity index (χ0n) is 23.9. The minimum Gasteiger partial charge on any atom is -0.308 e. The molecule has 0 saturated carbocycles. The third-order valence-electron chi connectivity index (χ3n) is 8.24. The summed E-state index contributed by atoms with van der Waals surface area (Å²) in [6.45, 7) is 0. The predicted octanol–water partition coefficient (Wildman–Crippen LogP) is 10.7. The van der Waals surface area contributed by atoms with Gasteiger partial charge >= 0.3 is 18.5 Å². The summed E-state index contributed by atoms with van der Waals surface area (Å²) in [5.74, 6) is 0. The maximum absolute atomic E-state index is 14.6. The molecule has 5 aromatic carbocycles. The van der Waals surface area contributed by atoms with E-state index in [1.54, 1.807) is 30.3 Å². The summed E-state index contributed by atoms with van der Waals surface area (Å²) >= 11 is 0. The molecule has 0 bridgehead atoms. The number of aromatic nitrogens is 2. The normalized spacial score (nSPS) is 12.6. The van der Waals surface area contributed by atoms with Crippen LogP contribution in [0.2, 0.25) is 0 Å². The first-order valence-corrected chi connectivity index (χ1v) is 13.9. The Labute approximate surface area is 263 Å². The lowest BCUT2D eigenvalue weighted by Gasteiger charge is -2.23. The van der Waals surface area contributed by atoms with Gasteiger partial charge in [0.25, 0.3) is 0 Å². The van der Waals surface area contributed by atoms with E-state index in [4.69, 9.17) is 0 Å². The summed E-state index contributed by atoms with van der Waals surface area (Å²) < 4.78 is 131. The van der Waals surface area contributed by atoms with E-state index in [-0.39, 0.29) is 56.3 Å². The van der Waals surface area contributed by atoms with Crippen molar-refractivity contribution in [2.45, 2.75) is 18.5 Å². The van der Waals surface area contributed by atoms with Crippen LogP contribution in [0.25, 0.3) is 55.0 Å². The highest BCUT2D eigenvalue weighted by Crippen LogP contribution is 2.48. The molecular weight excluding hydrogens is 647 g/mol. The van der Waals surface area contributed by atoms with Crippen LogP contribution in [0.4, 0.5) is 39.5 Å². The van der Waals surface area contributed by atoms with E-state index < -0.39 is 40.9 Å². The Morgan fingerprint density at radius 1 is 0.438 bits per heavy atom. The second-order valence-electron chi connectivity index (χ2n) is 10.9. The molecule has 0 atom stereocenters. The number of rotatable bonds is 2. The van der Waals surface area contributed by atoms with Crippen molar-refractivity contribution in [1.82, 2.24) is 9.13 Å². The molecule has 48 heavy (non-hydrogen) atoms. The lowest BCUT2D eigenvalue weighted by molar-refractivity contribution is -0.148. The molecular formula is C35H15F9N4. The zero-order chi connectivity index (χ0) is 34.3. The first kappa shape index (κ1) is 30.7. The zero-order valence-corrected chi connectivity index (χ0v) is 23.9. The van der Waals surface area contributed by atoms with Gasteiger partial charge in [-0.05, 0) is 48.5 Å². The van der Waals surface area contributed by atoms with E-state index in [1.165, 1.54) is 53.1 Å². The standard InChI is InChI=1S/C35H15F9N4/c36-33(37,38)20-12-25(34(39,40)41)32(26(13-20)35(42,43)44)48-28-11-4-2-9-22(28)24-14-23-21-8-1-3-10-27(21)47(29(23)15-30(24)48)31-18(16-45)6-5-7-19(31)17-46/h1-15H. The molecule has 0 radical (unpaired) electrons. The number of halogens is 9. The lowest BCUT2D eigenvalue weighted by atomic mass is 10.00. The summed E-state index contributed by atoms with van der Waals surface area (Å²) in [6.07, 6.45) is -16.8. The molecule has 0 aliphatic rings. The van der Waals surface area contributed by atoms with Gasteiger partial charge in [-0.3, -0.25) is 0 Å². The van der Waals surface area contributed by atoms with Gasteiger partial charge in [-0.25, -0.2) is 0 Å². The number of hydrogen-bond acceptors (Lipinski definition) is 2. The maximum Gasteiger partial charge on any atom is 0.418 e. The van der Waals surface area contributed by atoms with Crippen LogP contribution in [0, 0.1) is 22.7 Å². The minimum atomic E-state index is -5.64. The Bertz CT molecular complexity index is 2480. The lowest BCUT2D eigenvalue weighted by Crippen LogP contribution is -2.20. The van der Waals surface area contributed by atoms with Crippen molar-refractivity contribution < 1.29 is 39.5 Å². The van der Waals surface area contributed by atoms with Crippen molar-refractivity contribution in [2.75, 3.05) is 0 Å². The Kier molecular flexibility index (Phi) is 6.57. The highest BCUT2D eigenvalue weighted by Gasteiger charge is 2.46. The van der Waals surface area contributed by atoms with Crippen LogP contribution in [0.15, 0.2) is 91.0 Å². The van der Waals surface area contributed by atoms with E-state index in [9.17, 15) is 50.0 Å². The van der Waals surface area contributed by atoms with Crippen LogP contribution in [-0.4, -0.2) is 9.13 Å². The van der Waals surface area contributed by atoms with Crippen molar-refractivity contribution in [2.24, 2.45) is 0 Å². The van der Waals surface area contributed by atoms with Gasteiger partial charge in [-0.15, -0.1) is 0 Å². The van der Waals surface area contributed by atoms with Crippen LogP contribution < -0.4 is 0 Å². The Balaban J connectivity index is 1.74. The molecule has 2 aromatic heterocycles. The molecule has 0 aliphatic carbocycles. The van der Waals surface area contributed by atoms with Gasteiger partial charge < -0.3 is 9.13 Å². The van der Waals surface area contributed by atoms with E-state index in [0.29, 0.717) is 20.9 Å². The average Bonchev–Trinajstić information content (AvgIpc) is 3.53. The largest absolute Gasteiger partial charge is 0.418 e. The van der Waals surface area contributed by atoms with Crippen molar-refractivity contribution in [3.63, 3.8) is 0 Å². The third-order valence-corrected chi connectivity index (χ3v) is 8.24. The molecule has 0 saturated heterocycles. The highest BCUT2D eigenvalue weighted by molar-refractivity contribution is 6.19. The fourth-order valence-corrected chi connectivity index (χ4v) is 6.35. The molecule has 0 N–H and O–H groups in total. The molecule has 7 aromatic rings. The predicted molar refractivity (Wildman–Crippen MR) is 160 cm³/mol. The number of benzene rings is 5. The molecule has 7 rings (SSSR count). The van der Waals surface area contributed by atoms with Crippen molar-refractivity contribution >= 4 is 43.6 Å². The van der Waals surface area contributed by atoms with Gasteiger partial charge in [0.2, 0.25) is 0 Å². The summed E-state index contributed by atoms with van der Waals surface area (Å²) in [5.41, 5.74) is -7.22. The molecule has 2 heterocycles. The monoisotopic (exact) mass is 662 g/mol. The van der Waals surface area contributed by atoms with Crippen LogP contribution >= 0.6 is 0 Å². The molecule has 4 nitrogen and oxygen atoms in total. The number of hydrogen-bond donors (Lipinski definition) is 0. The highest BCUT2D eigenvalue weighted by atomic mass is 19.4. The second-order valence-corrected chi connectivity index (χ2v) is 10.9. The number of alkyl halides is 9. The van der Waals surface area contributed by atoms with Crippen LogP contribution in [0.5, 0.6) is 0 Å². The molecule has 0 amide bonds. The minimum absolute atomic E-state index is 0.0683. The van der Waals surface area contributed by atoms with Gasteiger partial charge in [0.15, 0.2) is 0 Å². The van der Waals surface area contributed by atoms with Crippen molar-refractivity contribution in [1.29, 1.82) is 10.5 Å².